The molecule has 1 unspecified atom stereocenters. The summed E-state index contributed by atoms with van der Waals surface area (Å²) in [5.74, 6) is 2.08. The molecule has 2 aromatic rings. The summed E-state index contributed by atoms with van der Waals surface area (Å²) in [6, 6.07) is 1.75. The highest BCUT2D eigenvalue weighted by Crippen LogP contribution is 2.24. The van der Waals surface area contributed by atoms with Crippen molar-refractivity contribution in [2.45, 2.75) is 25.4 Å². The second-order valence-corrected chi connectivity index (χ2v) is 4.61. The van der Waals surface area contributed by atoms with Crippen molar-refractivity contribution in [1.29, 1.82) is 0 Å². The predicted molar refractivity (Wildman–Crippen MR) is 65.4 cm³/mol. The van der Waals surface area contributed by atoms with Crippen molar-refractivity contribution in [3.8, 4) is 11.6 Å². The van der Waals surface area contributed by atoms with E-state index in [2.05, 4.69) is 20.6 Å². The smallest absolute Gasteiger partial charge is 0.280 e. The molecule has 1 saturated heterocycles. The van der Waals surface area contributed by atoms with Crippen molar-refractivity contribution < 1.29 is 13.8 Å². The maximum atomic E-state index is 5.24. The van der Waals surface area contributed by atoms with Crippen molar-refractivity contribution >= 4 is 0 Å². The number of rotatable bonds is 4. The van der Waals surface area contributed by atoms with Crippen LogP contribution in [0.5, 0.6) is 0 Å². The highest BCUT2D eigenvalue weighted by molar-refractivity contribution is 5.45. The summed E-state index contributed by atoms with van der Waals surface area (Å²) >= 11 is 0. The maximum Gasteiger partial charge on any atom is 0.280 e. The SMILES string of the molecule is COCc1cc(-c2nc(C3CCCNC3)no2)no1. The van der Waals surface area contributed by atoms with Gasteiger partial charge in [0.25, 0.3) is 5.89 Å². The number of hydrogen-bond acceptors (Lipinski definition) is 7. The Kier molecular flexibility index (Phi) is 3.56. The van der Waals surface area contributed by atoms with Crippen LogP contribution >= 0.6 is 0 Å². The Morgan fingerprint density at radius 2 is 2.37 bits per heavy atom. The van der Waals surface area contributed by atoms with Gasteiger partial charge in [0.05, 0.1) is 0 Å². The molecule has 1 N–H and O–H groups in total. The van der Waals surface area contributed by atoms with E-state index in [0.29, 0.717) is 29.9 Å². The predicted octanol–water partition coefficient (Wildman–Crippen LogP) is 1.34. The lowest BCUT2D eigenvalue weighted by molar-refractivity contribution is 0.156. The van der Waals surface area contributed by atoms with Crippen LogP contribution in [0.3, 0.4) is 0 Å². The minimum atomic E-state index is 0.316. The number of methoxy groups -OCH3 is 1. The van der Waals surface area contributed by atoms with Crippen LogP contribution in [0.4, 0.5) is 0 Å². The lowest BCUT2D eigenvalue weighted by Crippen LogP contribution is -2.28. The van der Waals surface area contributed by atoms with Crippen LogP contribution in [-0.4, -0.2) is 35.5 Å². The van der Waals surface area contributed by atoms with E-state index in [1.807, 2.05) is 0 Å². The molecule has 0 saturated carbocycles. The third kappa shape index (κ3) is 2.66. The molecule has 0 radical (unpaired) electrons. The fourth-order valence-electron chi connectivity index (χ4n) is 2.20. The molecule has 0 aliphatic carbocycles. The molecule has 3 rings (SSSR count). The van der Waals surface area contributed by atoms with Gasteiger partial charge in [0.2, 0.25) is 0 Å². The molecule has 7 heteroatoms. The minimum absolute atomic E-state index is 0.316. The molecule has 102 valence electrons. The van der Waals surface area contributed by atoms with E-state index in [-0.39, 0.29) is 0 Å². The topological polar surface area (TPSA) is 86.2 Å². The van der Waals surface area contributed by atoms with Crippen LogP contribution in [-0.2, 0) is 11.3 Å². The molecule has 1 fully saturated rings. The van der Waals surface area contributed by atoms with Gasteiger partial charge >= 0.3 is 0 Å². The summed E-state index contributed by atoms with van der Waals surface area (Å²) in [5, 5.41) is 11.3. The first-order valence-electron chi connectivity index (χ1n) is 6.36. The van der Waals surface area contributed by atoms with Crippen LogP contribution in [0, 0.1) is 0 Å². The van der Waals surface area contributed by atoms with E-state index in [9.17, 15) is 0 Å². The quantitative estimate of drug-likeness (QED) is 0.891. The van der Waals surface area contributed by atoms with Gasteiger partial charge in [0.15, 0.2) is 17.3 Å². The number of nitrogens with one attached hydrogen (secondary N) is 1. The van der Waals surface area contributed by atoms with Gasteiger partial charge in [-0.15, -0.1) is 0 Å². The van der Waals surface area contributed by atoms with Gasteiger partial charge in [-0.1, -0.05) is 10.3 Å². The van der Waals surface area contributed by atoms with Gasteiger partial charge in [0, 0.05) is 25.6 Å². The molecule has 1 aliphatic rings. The Bertz CT molecular complexity index is 531. The zero-order valence-electron chi connectivity index (χ0n) is 10.8. The third-order valence-corrected chi connectivity index (χ3v) is 3.17. The van der Waals surface area contributed by atoms with E-state index >= 15 is 0 Å². The Balaban J connectivity index is 1.75. The Morgan fingerprint density at radius 3 is 3.16 bits per heavy atom. The molecule has 2 aromatic heterocycles. The molecule has 0 spiro atoms. The van der Waals surface area contributed by atoms with Crippen molar-refractivity contribution in [3.63, 3.8) is 0 Å². The van der Waals surface area contributed by atoms with Crippen molar-refractivity contribution in [2.24, 2.45) is 0 Å². The number of aromatic nitrogens is 3. The van der Waals surface area contributed by atoms with Gasteiger partial charge in [-0.25, -0.2) is 0 Å². The largest absolute Gasteiger partial charge is 0.377 e. The highest BCUT2D eigenvalue weighted by atomic mass is 16.5. The van der Waals surface area contributed by atoms with Crippen LogP contribution in [0.15, 0.2) is 15.1 Å². The van der Waals surface area contributed by atoms with Gasteiger partial charge in [-0.3, -0.25) is 0 Å². The Hall–Kier alpha value is -1.73. The summed E-state index contributed by atoms with van der Waals surface area (Å²) in [6.07, 6.45) is 2.22. The van der Waals surface area contributed by atoms with Crippen LogP contribution in [0.1, 0.15) is 30.3 Å². The van der Waals surface area contributed by atoms with Gasteiger partial charge < -0.3 is 19.1 Å². The normalized spacial score (nSPS) is 19.7. The first kappa shape index (κ1) is 12.3. The van der Waals surface area contributed by atoms with Crippen LogP contribution in [0.2, 0.25) is 0 Å². The van der Waals surface area contributed by atoms with E-state index in [4.69, 9.17) is 13.8 Å². The molecule has 0 aromatic carbocycles. The third-order valence-electron chi connectivity index (χ3n) is 3.17. The number of ether oxygens (including phenoxy) is 1. The summed E-state index contributed by atoms with van der Waals surface area (Å²) in [4.78, 5) is 4.40. The molecule has 0 amide bonds. The average molecular weight is 264 g/mol. The molecule has 1 atom stereocenters. The number of hydrogen-bond donors (Lipinski definition) is 1. The standard InChI is InChI=1S/C12H16N4O3/c1-17-7-9-5-10(15-18-9)12-14-11(16-19-12)8-3-2-4-13-6-8/h5,8,13H,2-4,6-7H2,1H3. The second kappa shape index (κ2) is 5.50. The van der Waals surface area contributed by atoms with Gasteiger partial charge in [0.1, 0.15) is 6.61 Å². The van der Waals surface area contributed by atoms with Crippen LogP contribution in [0.25, 0.3) is 11.6 Å². The summed E-state index contributed by atoms with van der Waals surface area (Å²) < 4.78 is 15.3. The Labute approximate surface area is 110 Å². The van der Waals surface area contributed by atoms with Gasteiger partial charge in [-0.2, -0.15) is 4.98 Å². The highest BCUT2D eigenvalue weighted by Gasteiger charge is 2.22. The fourth-order valence-corrected chi connectivity index (χ4v) is 2.20. The molecule has 7 nitrogen and oxygen atoms in total. The van der Waals surface area contributed by atoms with Gasteiger partial charge in [-0.05, 0) is 19.4 Å². The summed E-state index contributed by atoms with van der Waals surface area (Å²) in [6.45, 7) is 2.33. The first-order chi connectivity index (χ1) is 9.36. The first-order valence-corrected chi connectivity index (χ1v) is 6.36. The van der Waals surface area contributed by atoms with E-state index in [1.165, 1.54) is 0 Å². The monoisotopic (exact) mass is 264 g/mol. The zero-order chi connectivity index (χ0) is 13.1. The summed E-state index contributed by atoms with van der Waals surface area (Å²) in [7, 11) is 1.60. The van der Waals surface area contributed by atoms with Crippen molar-refractivity contribution in [2.75, 3.05) is 20.2 Å². The van der Waals surface area contributed by atoms with E-state index in [1.54, 1.807) is 13.2 Å². The lowest BCUT2D eigenvalue weighted by Gasteiger charge is -2.19. The van der Waals surface area contributed by atoms with E-state index in [0.717, 1.165) is 31.8 Å². The van der Waals surface area contributed by atoms with Crippen molar-refractivity contribution in [3.05, 3.63) is 17.7 Å². The van der Waals surface area contributed by atoms with Crippen molar-refractivity contribution in [1.82, 2.24) is 20.6 Å². The van der Waals surface area contributed by atoms with E-state index < -0.39 is 0 Å². The van der Waals surface area contributed by atoms with Crippen LogP contribution < -0.4 is 5.32 Å². The minimum Gasteiger partial charge on any atom is -0.377 e. The maximum absolute atomic E-state index is 5.24. The second-order valence-electron chi connectivity index (χ2n) is 4.61. The molecular formula is C12H16N4O3. The average Bonchev–Trinajstić information content (AvgIpc) is 3.08. The number of nitrogens with zero attached hydrogens (tertiary/aromatic N) is 3. The number of piperidine rings is 1. The molecule has 1 aliphatic heterocycles. The molecule has 3 heterocycles. The summed E-state index contributed by atoms with van der Waals surface area (Å²) in [5.41, 5.74) is 0.551. The fraction of sp³-hybridized carbons (Fsp3) is 0.583. The molecule has 19 heavy (non-hydrogen) atoms. The lowest BCUT2D eigenvalue weighted by atomic mass is 9.99. The Morgan fingerprint density at radius 1 is 1.42 bits per heavy atom. The molecule has 0 bridgehead atoms. The molecular weight excluding hydrogens is 248 g/mol. The zero-order valence-corrected chi connectivity index (χ0v) is 10.8.